The van der Waals surface area contributed by atoms with Crippen molar-refractivity contribution in [1.29, 1.82) is 0 Å². The predicted octanol–water partition coefficient (Wildman–Crippen LogP) is 3.30. The minimum Gasteiger partial charge on any atom is -0.506 e. The summed E-state index contributed by atoms with van der Waals surface area (Å²) in [5.41, 5.74) is 7.88. The van der Waals surface area contributed by atoms with Crippen molar-refractivity contribution in [3.63, 3.8) is 0 Å². The Bertz CT molecular complexity index is 641. The molecule has 19 heavy (non-hydrogen) atoms. The van der Waals surface area contributed by atoms with E-state index in [1.165, 1.54) is 18.2 Å². The number of halogens is 1. The maximum atomic E-state index is 12.0. The summed E-state index contributed by atoms with van der Waals surface area (Å²) in [6.07, 6.45) is 0. The van der Waals surface area contributed by atoms with Gasteiger partial charge in [-0.1, -0.05) is 15.9 Å². The van der Waals surface area contributed by atoms with E-state index in [1.807, 2.05) is 19.1 Å². The Balaban J connectivity index is 2.20. The van der Waals surface area contributed by atoms with E-state index < -0.39 is 0 Å². The van der Waals surface area contributed by atoms with Gasteiger partial charge in [-0.25, -0.2) is 0 Å². The first-order chi connectivity index (χ1) is 8.97. The van der Waals surface area contributed by atoms with Crippen LogP contribution in [0.25, 0.3) is 0 Å². The lowest BCUT2D eigenvalue weighted by molar-refractivity contribution is 0.102. The third-order valence-electron chi connectivity index (χ3n) is 2.71. The quantitative estimate of drug-likeness (QED) is 0.587. The van der Waals surface area contributed by atoms with Crippen molar-refractivity contribution >= 4 is 33.2 Å². The Morgan fingerprint density at radius 2 is 2.00 bits per heavy atom. The molecule has 5 heteroatoms. The fourth-order valence-corrected chi connectivity index (χ4v) is 1.87. The first-order valence-corrected chi connectivity index (χ1v) is 6.42. The Morgan fingerprint density at radius 3 is 2.63 bits per heavy atom. The SMILES string of the molecule is Cc1cc(NC(=O)c2ccc(O)c(N)c2)ccc1Br. The van der Waals surface area contributed by atoms with E-state index in [0.717, 1.165) is 10.0 Å². The van der Waals surface area contributed by atoms with Crippen molar-refractivity contribution in [1.82, 2.24) is 0 Å². The number of aryl methyl sites for hydroxylation is 1. The van der Waals surface area contributed by atoms with Gasteiger partial charge in [0.15, 0.2) is 0 Å². The van der Waals surface area contributed by atoms with Crippen LogP contribution in [0.1, 0.15) is 15.9 Å². The molecule has 2 aromatic carbocycles. The Labute approximate surface area is 119 Å². The van der Waals surface area contributed by atoms with Crippen LogP contribution in [-0.2, 0) is 0 Å². The smallest absolute Gasteiger partial charge is 0.255 e. The molecule has 4 nitrogen and oxygen atoms in total. The molecule has 0 aliphatic carbocycles. The summed E-state index contributed by atoms with van der Waals surface area (Å²) in [6, 6.07) is 9.90. The van der Waals surface area contributed by atoms with Gasteiger partial charge >= 0.3 is 0 Å². The van der Waals surface area contributed by atoms with Gasteiger partial charge in [0.25, 0.3) is 5.91 Å². The second-order valence-corrected chi connectivity index (χ2v) is 5.05. The highest BCUT2D eigenvalue weighted by molar-refractivity contribution is 9.10. The van der Waals surface area contributed by atoms with E-state index in [0.29, 0.717) is 11.3 Å². The average Bonchev–Trinajstić information content (AvgIpc) is 2.37. The number of nitrogen functional groups attached to an aromatic ring is 1. The summed E-state index contributed by atoms with van der Waals surface area (Å²) in [7, 11) is 0. The molecule has 0 aromatic heterocycles. The zero-order valence-electron chi connectivity index (χ0n) is 10.3. The van der Waals surface area contributed by atoms with Gasteiger partial charge in [0.2, 0.25) is 0 Å². The van der Waals surface area contributed by atoms with Gasteiger partial charge in [0.1, 0.15) is 5.75 Å². The van der Waals surface area contributed by atoms with E-state index in [2.05, 4.69) is 21.2 Å². The van der Waals surface area contributed by atoms with Crippen LogP contribution in [-0.4, -0.2) is 11.0 Å². The molecule has 0 aliphatic heterocycles. The lowest BCUT2D eigenvalue weighted by atomic mass is 10.1. The van der Waals surface area contributed by atoms with Crippen molar-refractivity contribution in [3.05, 3.63) is 52.0 Å². The monoisotopic (exact) mass is 320 g/mol. The predicted molar refractivity (Wildman–Crippen MR) is 79.4 cm³/mol. The summed E-state index contributed by atoms with van der Waals surface area (Å²) >= 11 is 3.40. The first-order valence-electron chi connectivity index (χ1n) is 5.63. The second kappa shape index (κ2) is 5.32. The van der Waals surface area contributed by atoms with Gasteiger partial charge < -0.3 is 16.2 Å². The molecule has 4 N–H and O–H groups in total. The highest BCUT2D eigenvalue weighted by atomic mass is 79.9. The van der Waals surface area contributed by atoms with E-state index in [4.69, 9.17) is 5.73 Å². The van der Waals surface area contributed by atoms with E-state index in [-0.39, 0.29) is 17.3 Å². The lowest BCUT2D eigenvalue weighted by Gasteiger charge is -2.08. The summed E-state index contributed by atoms with van der Waals surface area (Å²) in [5, 5.41) is 12.1. The Morgan fingerprint density at radius 1 is 1.26 bits per heavy atom. The molecular weight excluding hydrogens is 308 g/mol. The third kappa shape index (κ3) is 3.06. The molecule has 2 rings (SSSR count). The van der Waals surface area contributed by atoms with Crippen molar-refractivity contribution in [3.8, 4) is 5.75 Å². The number of aromatic hydroxyl groups is 1. The lowest BCUT2D eigenvalue weighted by Crippen LogP contribution is -2.12. The number of benzene rings is 2. The van der Waals surface area contributed by atoms with Crippen LogP contribution in [0.2, 0.25) is 0 Å². The largest absolute Gasteiger partial charge is 0.506 e. The van der Waals surface area contributed by atoms with Crippen LogP contribution in [0.3, 0.4) is 0 Å². The normalized spacial score (nSPS) is 10.2. The van der Waals surface area contributed by atoms with Crippen LogP contribution < -0.4 is 11.1 Å². The molecule has 0 fully saturated rings. The van der Waals surface area contributed by atoms with Gasteiger partial charge in [0.05, 0.1) is 5.69 Å². The molecular formula is C14H13BrN2O2. The standard InChI is InChI=1S/C14H13BrN2O2/c1-8-6-10(3-4-11(8)15)17-14(19)9-2-5-13(18)12(16)7-9/h2-7,18H,16H2,1H3,(H,17,19). The number of carbonyl (C=O) groups is 1. The molecule has 0 atom stereocenters. The number of amides is 1. The van der Waals surface area contributed by atoms with Gasteiger partial charge in [0, 0.05) is 15.7 Å². The molecule has 2 aromatic rings. The number of nitrogens with one attached hydrogen (secondary N) is 1. The highest BCUT2D eigenvalue weighted by Crippen LogP contribution is 2.23. The maximum absolute atomic E-state index is 12.0. The molecule has 1 amide bonds. The molecule has 98 valence electrons. The topological polar surface area (TPSA) is 75.3 Å². The second-order valence-electron chi connectivity index (χ2n) is 4.19. The third-order valence-corrected chi connectivity index (χ3v) is 3.60. The molecule has 0 unspecified atom stereocenters. The number of hydrogen-bond acceptors (Lipinski definition) is 3. The molecule has 0 aliphatic rings. The number of phenols is 1. The van der Waals surface area contributed by atoms with Crippen LogP contribution in [0.4, 0.5) is 11.4 Å². The molecule has 0 heterocycles. The van der Waals surface area contributed by atoms with Crippen molar-refractivity contribution in [2.24, 2.45) is 0 Å². The van der Waals surface area contributed by atoms with Crippen LogP contribution in [0, 0.1) is 6.92 Å². The number of anilines is 2. The molecule has 0 saturated heterocycles. The zero-order valence-corrected chi connectivity index (χ0v) is 11.9. The fraction of sp³-hybridized carbons (Fsp3) is 0.0714. The molecule has 0 radical (unpaired) electrons. The Kier molecular flexibility index (Phi) is 3.76. The van der Waals surface area contributed by atoms with Crippen molar-refractivity contribution < 1.29 is 9.90 Å². The Hall–Kier alpha value is -2.01. The maximum Gasteiger partial charge on any atom is 0.255 e. The van der Waals surface area contributed by atoms with Crippen molar-refractivity contribution in [2.45, 2.75) is 6.92 Å². The van der Waals surface area contributed by atoms with Gasteiger partial charge in [-0.15, -0.1) is 0 Å². The number of hydrogen-bond donors (Lipinski definition) is 3. The highest BCUT2D eigenvalue weighted by Gasteiger charge is 2.08. The minimum absolute atomic E-state index is 0.0314. The fourth-order valence-electron chi connectivity index (χ4n) is 1.62. The molecule has 0 spiro atoms. The van der Waals surface area contributed by atoms with Gasteiger partial charge in [-0.05, 0) is 48.9 Å². The summed E-state index contributed by atoms with van der Waals surface area (Å²) in [6.45, 7) is 1.94. The minimum atomic E-state index is -0.270. The van der Waals surface area contributed by atoms with E-state index in [9.17, 15) is 9.90 Å². The van der Waals surface area contributed by atoms with Gasteiger partial charge in [-0.3, -0.25) is 4.79 Å². The van der Waals surface area contributed by atoms with Gasteiger partial charge in [-0.2, -0.15) is 0 Å². The summed E-state index contributed by atoms with van der Waals surface area (Å²) in [4.78, 5) is 12.0. The van der Waals surface area contributed by atoms with E-state index in [1.54, 1.807) is 6.07 Å². The van der Waals surface area contributed by atoms with Crippen molar-refractivity contribution in [2.75, 3.05) is 11.1 Å². The average molecular weight is 321 g/mol. The zero-order chi connectivity index (χ0) is 14.0. The van der Waals surface area contributed by atoms with Crippen LogP contribution in [0.15, 0.2) is 40.9 Å². The number of nitrogens with two attached hydrogens (primary N) is 1. The molecule has 0 bridgehead atoms. The summed E-state index contributed by atoms with van der Waals surface area (Å²) < 4.78 is 0.986. The number of carbonyl (C=O) groups excluding carboxylic acids is 1. The first kappa shape index (κ1) is 13.4. The molecule has 0 saturated carbocycles. The van der Waals surface area contributed by atoms with Crippen LogP contribution in [0.5, 0.6) is 5.75 Å². The van der Waals surface area contributed by atoms with Crippen LogP contribution >= 0.6 is 15.9 Å². The van der Waals surface area contributed by atoms with E-state index >= 15 is 0 Å². The number of rotatable bonds is 2. The summed E-state index contributed by atoms with van der Waals surface area (Å²) in [5.74, 6) is -0.301. The number of phenolic OH excluding ortho intramolecular Hbond substituents is 1.